The van der Waals surface area contributed by atoms with E-state index in [1.807, 2.05) is 6.20 Å². The first-order chi connectivity index (χ1) is 4.59. The van der Waals surface area contributed by atoms with Gasteiger partial charge in [-0.05, 0) is 24.3 Å². The average molecular weight is 158 g/mol. The lowest BCUT2D eigenvalue weighted by molar-refractivity contribution is 1.32. The molecule has 0 bridgehead atoms. The predicted octanol–water partition coefficient (Wildman–Crippen LogP) is 1.28. The molecule has 0 saturated carbocycles. The van der Waals surface area contributed by atoms with Crippen molar-refractivity contribution in [1.82, 2.24) is 0 Å². The minimum absolute atomic E-state index is 0.607. The van der Waals surface area contributed by atoms with E-state index in [1.54, 1.807) is 0 Å². The summed E-state index contributed by atoms with van der Waals surface area (Å²) in [4.78, 5) is 5.64. The molecule has 0 amide bonds. The quantitative estimate of drug-likeness (QED) is 0.613. The Morgan fingerprint density at radius 1 is 1.60 bits per heavy atom. The molecule has 2 N–H and O–H groups in total. The molecule has 58 valence electrons. The fraction of sp³-hybridized carbons (Fsp3) is 0.571. The summed E-state index contributed by atoms with van der Waals surface area (Å²) < 4.78 is 0. The molecule has 0 atom stereocenters. The largest absolute Gasteiger partial charge is 0.325 e. The van der Waals surface area contributed by atoms with Crippen molar-refractivity contribution in [2.75, 3.05) is 19.1 Å². The van der Waals surface area contributed by atoms with Crippen molar-refractivity contribution in [3.05, 3.63) is 11.1 Å². The van der Waals surface area contributed by atoms with Gasteiger partial charge in [0.25, 0.3) is 0 Å². The third-order valence-electron chi connectivity index (χ3n) is 1.96. The molecule has 0 aromatic carbocycles. The lowest BCUT2D eigenvalue weighted by atomic mass is 10.7. The maximum atomic E-state index is 5.53. The molecule has 0 aromatic heterocycles. The summed E-state index contributed by atoms with van der Waals surface area (Å²) in [5.74, 6) is 0. The first-order valence-electron chi connectivity index (χ1n) is 3.26. The van der Waals surface area contributed by atoms with E-state index < -0.39 is 10.0 Å². The van der Waals surface area contributed by atoms with E-state index >= 15 is 0 Å². The van der Waals surface area contributed by atoms with Gasteiger partial charge in [0.15, 0.2) is 0 Å². The number of nitrogens with zero attached hydrogens (tertiary/aromatic N) is 1. The summed E-state index contributed by atoms with van der Waals surface area (Å²) in [6, 6.07) is 0. The van der Waals surface area contributed by atoms with E-state index in [9.17, 15) is 0 Å². The van der Waals surface area contributed by atoms with Crippen molar-refractivity contribution in [2.45, 2.75) is 6.92 Å². The summed E-state index contributed by atoms with van der Waals surface area (Å²) in [5, 5.41) is 1.17. The Balaban J connectivity index is 2.89. The summed E-state index contributed by atoms with van der Waals surface area (Å²) in [6.45, 7) is 2.73. The maximum Gasteiger partial charge on any atom is 0.0731 e. The van der Waals surface area contributed by atoms with Crippen molar-refractivity contribution in [2.24, 2.45) is 10.7 Å². The summed E-state index contributed by atoms with van der Waals surface area (Å²) in [5.41, 5.74) is 5.53. The second kappa shape index (κ2) is 2.40. The number of hydrogen-bond acceptors (Lipinski definition) is 2. The fourth-order valence-corrected chi connectivity index (χ4v) is 2.29. The second-order valence-electron chi connectivity index (χ2n) is 2.79. The number of nitrogens with two attached hydrogens (primary N) is 1. The molecule has 0 aromatic rings. The predicted molar refractivity (Wildman–Crippen MR) is 49.7 cm³/mol. The standard InChI is InChI=1S/C7H14N2S/c1-6-5-9-7(4-8)10(6,2)3/h5H,4,8H2,1-3H3. The highest BCUT2D eigenvalue weighted by atomic mass is 32.3. The monoisotopic (exact) mass is 158 g/mol. The van der Waals surface area contributed by atoms with Crippen LogP contribution < -0.4 is 5.73 Å². The Kier molecular flexibility index (Phi) is 1.88. The van der Waals surface area contributed by atoms with Crippen LogP contribution in [0.5, 0.6) is 0 Å². The minimum Gasteiger partial charge on any atom is -0.325 e. The van der Waals surface area contributed by atoms with Crippen LogP contribution in [0.1, 0.15) is 6.92 Å². The zero-order valence-electron chi connectivity index (χ0n) is 6.72. The highest BCUT2D eigenvalue weighted by molar-refractivity contribution is 8.47. The van der Waals surface area contributed by atoms with Gasteiger partial charge in [0, 0.05) is 12.7 Å². The van der Waals surface area contributed by atoms with Gasteiger partial charge in [-0.3, -0.25) is 4.99 Å². The molecule has 0 saturated heterocycles. The summed E-state index contributed by atoms with van der Waals surface area (Å²) >= 11 is 0. The molecular formula is C7H14N2S. The molecule has 0 unspecified atom stereocenters. The van der Waals surface area contributed by atoms with Crippen molar-refractivity contribution in [3.8, 4) is 0 Å². The van der Waals surface area contributed by atoms with Crippen molar-refractivity contribution >= 4 is 15.1 Å². The van der Waals surface area contributed by atoms with Crippen LogP contribution in [0, 0.1) is 0 Å². The molecule has 2 nitrogen and oxygen atoms in total. The van der Waals surface area contributed by atoms with Crippen molar-refractivity contribution < 1.29 is 0 Å². The number of hydrogen-bond donors (Lipinski definition) is 1. The summed E-state index contributed by atoms with van der Waals surface area (Å²) in [7, 11) is -0.730. The van der Waals surface area contributed by atoms with Crippen LogP contribution in [-0.2, 0) is 0 Å². The lowest BCUT2D eigenvalue weighted by Crippen LogP contribution is -2.17. The van der Waals surface area contributed by atoms with Crippen LogP contribution in [0.25, 0.3) is 0 Å². The van der Waals surface area contributed by atoms with E-state index in [-0.39, 0.29) is 0 Å². The van der Waals surface area contributed by atoms with Gasteiger partial charge in [-0.25, -0.2) is 0 Å². The number of aliphatic imine (C=N–C) groups is 1. The Hall–Kier alpha value is -0.280. The highest BCUT2D eigenvalue weighted by Gasteiger charge is 2.23. The SMILES string of the molecule is CC1=CN=C(CN)S1(C)C. The highest BCUT2D eigenvalue weighted by Crippen LogP contribution is 2.52. The molecule has 0 radical (unpaired) electrons. The molecule has 3 heteroatoms. The lowest BCUT2D eigenvalue weighted by Gasteiger charge is -2.28. The van der Waals surface area contributed by atoms with Crippen LogP contribution in [0.2, 0.25) is 0 Å². The van der Waals surface area contributed by atoms with Crippen LogP contribution in [0.4, 0.5) is 0 Å². The topological polar surface area (TPSA) is 38.4 Å². The first kappa shape index (κ1) is 7.82. The fourth-order valence-electron chi connectivity index (χ4n) is 0.873. The molecule has 1 rings (SSSR count). The zero-order chi connectivity index (χ0) is 7.78. The molecule has 10 heavy (non-hydrogen) atoms. The van der Waals surface area contributed by atoms with Gasteiger partial charge >= 0.3 is 0 Å². The second-order valence-corrected chi connectivity index (χ2v) is 6.56. The van der Waals surface area contributed by atoms with Crippen LogP contribution >= 0.6 is 10.0 Å². The minimum atomic E-state index is -0.730. The smallest absolute Gasteiger partial charge is 0.0731 e. The van der Waals surface area contributed by atoms with E-state index in [0.29, 0.717) is 6.54 Å². The van der Waals surface area contributed by atoms with Gasteiger partial charge in [0.1, 0.15) is 0 Å². The van der Waals surface area contributed by atoms with Gasteiger partial charge in [0.05, 0.1) is 5.04 Å². The third-order valence-corrected chi connectivity index (χ3v) is 5.12. The normalized spacial score (nSPS) is 25.6. The zero-order valence-corrected chi connectivity index (χ0v) is 7.53. The van der Waals surface area contributed by atoms with Crippen LogP contribution in [0.15, 0.2) is 16.1 Å². The van der Waals surface area contributed by atoms with Gasteiger partial charge in [0.2, 0.25) is 0 Å². The summed E-state index contributed by atoms with van der Waals surface area (Å²) in [6.07, 6.45) is 6.41. The van der Waals surface area contributed by atoms with Crippen LogP contribution in [-0.4, -0.2) is 24.1 Å². The molecule has 0 aliphatic carbocycles. The Morgan fingerprint density at radius 3 is 2.40 bits per heavy atom. The van der Waals surface area contributed by atoms with E-state index in [1.165, 1.54) is 9.95 Å². The molecule has 0 fully saturated rings. The number of allylic oxidation sites excluding steroid dienone is 1. The van der Waals surface area contributed by atoms with Crippen molar-refractivity contribution in [1.29, 1.82) is 0 Å². The third kappa shape index (κ3) is 0.995. The molecule has 0 spiro atoms. The van der Waals surface area contributed by atoms with Gasteiger partial charge in [-0.1, -0.05) is 0 Å². The average Bonchev–Trinajstić information content (AvgIpc) is 2.10. The first-order valence-corrected chi connectivity index (χ1v) is 5.71. The number of rotatable bonds is 1. The molecular weight excluding hydrogens is 144 g/mol. The molecule has 1 aliphatic rings. The maximum absolute atomic E-state index is 5.53. The van der Waals surface area contributed by atoms with Gasteiger partial charge < -0.3 is 5.73 Å². The van der Waals surface area contributed by atoms with Gasteiger partial charge in [-0.2, -0.15) is 10.0 Å². The molecule has 1 aliphatic heterocycles. The Morgan fingerprint density at radius 2 is 2.20 bits per heavy atom. The van der Waals surface area contributed by atoms with Crippen molar-refractivity contribution in [3.63, 3.8) is 0 Å². The van der Waals surface area contributed by atoms with Gasteiger partial charge in [-0.15, -0.1) is 0 Å². The van der Waals surface area contributed by atoms with E-state index in [4.69, 9.17) is 5.73 Å². The Bertz CT molecular complexity index is 204. The molecule has 1 heterocycles. The van der Waals surface area contributed by atoms with Crippen LogP contribution in [0.3, 0.4) is 0 Å². The van der Waals surface area contributed by atoms with E-state index in [0.717, 1.165) is 0 Å². The van der Waals surface area contributed by atoms with E-state index in [2.05, 4.69) is 24.4 Å². The Labute approximate surface area is 63.5 Å².